The highest BCUT2D eigenvalue weighted by Crippen LogP contribution is 2.28. The maximum atomic E-state index is 11.4. The number of hydrogen-bond donors (Lipinski definition) is 3. The molecule has 0 heterocycles. The number of aliphatic hydroxyl groups is 1. The first kappa shape index (κ1) is 12.5. The zero-order chi connectivity index (χ0) is 11.3. The Morgan fingerprint density at radius 2 is 2.07 bits per heavy atom. The summed E-state index contributed by atoms with van der Waals surface area (Å²) in [6, 6.07) is -0.227. The lowest BCUT2D eigenvalue weighted by Gasteiger charge is -2.24. The molecule has 1 amide bonds. The van der Waals surface area contributed by atoms with Crippen LogP contribution < -0.4 is 10.6 Å². The summed E-state index contributed by atoms with van der Waals surface area (Å²) in [4.78, 5) is 11.4. The molecule has 3 N–H and O–H groups in total. The first-order valence-electron chi connectivity index (χ1n) is 5.81. The maximum Gasteiger partial charge on any atom is 0.236 e. The Kier molecular flexibility index (Phi) is 4.54. The summed E-state index contributed by atoms with van der Waals surface area (Å²) in [7, 11) is 0. The lowest BCUT2D eigenvalue weighted by molar-refractivity contribution is -0.122. The SMILES string of the molecule is CCNC(=O)C(C)NCC1(O)CCCC1. The van der Waals surface area contributed by atoms with E-state index in [4.69, 9.17) is 0 Å². The fourth-order valence-corrected chi connectivity index (χ4v) is 1.97. The minimum absolute atomic E-state index is 0.000836. The topological polar surface area (TPSA) is 61.4 Å². The van der Waals surface area contributed by atoms with E-state index >= 15 is 0 Å². The molecule has 1 fully saturated rings. The number of nitrogens with one attached hydrogen (secondary N) is 2. The molecule has 0 aromatic carbocycles. The number of carbonyl (C=O) groups excluding carboxylic acids is 1. The molecule has 0 saturated heterocycles. The van der Waals surface area contributed by atoms with Crippen molar-refractivity contribution in [1.29, 1.82) is 0 Å². The Bertz CT molecular complexity index is 213. The van der Waals surface area contributed by atoms with Crippen LogP contribution in [0.1, 0.15) is 39.5 Å². The van der Waals surface area contributed by atoms with Crippen LogP contribution in [0.15, 0.2) is 0 Å². The van der Waals surface area contributed by atoms with E-state index in [0.29, 0.717) is 13.1 Å². The van der Waals surface area contributed by atoms with Crippen LogP contribution in [0.25, 0.3) is 0 Å². The Morgan fingerprint density at radius 1 is 1.47 bits per heavy atom. The minimum Gasteiger partial charge on any atom is -0.389 e. The van der Waals surface area contributed by atoms with Crippen molar-refractivity contribution < 1.29 is 9.90 Å². The summed E-state index contributed by atoms with van der Waals surface area (Å²) in [5.74, 6) is -0.000836. The average Bonchev–Trinajstić information content (AvgIpc) is 2.63. The quantitative estimate of drug-likeness (QED) is 0.621. The van der Waals surface area contributed by atoms with Gasteiger partial charge >= 0.3 is 0 Å². The summed E-state index contributed by atoms with van der Waals surface area (Å²) in [6.07, 6.45) is 3.88. The number of likely N-dealkylation sites (N-methyl/N-ethyl adjacent to an activating group) is 1. The second kappa shape index (κ2) is 5.47. The Morgan fingerprint density at radius 3 is 2.60 bits per heavy atom. The monoisotopic (exact) mass is 214 g/mol. The van der Waals surface area contributed by atoms with Gasteiger partial charge in [-0.1, -0.05) is 12.8 Å². The molecule has 1 aliphatic carbocycles. The summed E-state index contributed by atoms with van der Waals surface area (Å²) in [6.45, 7) is 4.89. The van der Waals surface area contributed by atoms with Gasteiger partial charge in [-0.25, -0.2) is 0 Å². The number of hydrogen-bond acceptors (Lipinski definition) is 3. The number of rotatable bonds is 5. The zero-order valence-electron chi connectivity index (χ0n) is 9.68. The van der Waals surface area contributed by atoms with Gasteiger partial charge in [-0.3, -0.25) is 4.79 Å². The van der Waals surface area contributed by atoms with Crippen molar-refractivity contribution in [2.24, 2.45) is 0 Å². The van der Waals surface area contributed by atoms with Gasteiger partial charge in [0.05, 0.1) is 11.6 Å². The average molecular weight is 214 g/mol. The molecule has 4 heteroatoms. The Hall–Kier alpha value is -0.610. The molecule has 1 saturated carbocycles. The highest BCUT2D eigenvalue weighted by molar-refractivity contribution is 5.81. The van der Waals surface area contributed by atoms with E-state index in [1.807, 2.05) is 13.8 Å². The molecule has 1 atom stereocenters. The van der Waals surface area contributed by atoms with Crippen LogP contribution in [0.5, 0.6) is 0 Å². The van der Waals surface area contributed by atoms with Gasteiger partial charge in [0.1, 0.15) is 0 Å². The van der Waals surface area contributed by atoms with Crippen molar-refractivity contribution in [3.63, 3.8) is 0 Å². The molecule has 0 aromatic heterocycles. The molecule has 1 rings (SSSR count). The van der Waals surface area contributed by atoms with Crippen LogP contribution in [0.3, 0.4) is 0 Å². The van der Waals surface area contributed by atoms with Crippen molar-refractivity contribution >= 4 is 5.91 Å². The second-order valence-corrected chi connectivity index (χ2v) is 4.43. The smallest absolute Gasteiger partial charge is 0.236 e. The van der Waals surface area contributed by atoms with Crippen molar-refractivity contribution in [2.75, 3.05) is 13.1 Å². The van der Waals surface area contributed by atoms with Crippen molar-refractivity contribution in [1.82, 2.24) is 10.6 Å². The minimum atomic E-state index is -0.583. The van der Waals surface area contributed by atoms with Crippen LogP contribution in [0, 0.1) is 0 Å². The molecule has 4 nitrogen and oxygen atoms in total. The summed E-state index contributed by atoms with van der Waals surface area (Å²) >= 11 is 0. The summed E-state index contributed by atoms with van der Waals surface area (Å²) in [5.41, 5.74) is -0.583. The van der Waals surface area contributed by atoms with E-state index in [-0.39, 0.29) is 11.9 Å². The highest BCUT2D eigenvalue weighted by Gasteiger charge is 2.31. The van der Waals surface area contributed by atoms with E-state index in [2.05, 4.69) is 10.6 Å². The van der Waals surface area contributed by atoms with E-state index in [1.54, 1.807) is 0 Å². The van der Waals surface area contributed by atoms with Crippen molar-refractivity contribution in [3.05, 3.63) is 0 Å². The maximum absolute atomic E-state index is 11.4. The molecular formula is C11H22N2O2. The third-order valence-electron chi connectivity index (χ3n) is 3.02. The van der Waals surface area contributed by atoms with E-state index < -0.39 is 5.60 Å². The molecule has 1 unspecified atom stereocenters. The lowest BCUT2D eigenvalue weighted by Crippen LogP contribution is -2.48. The molecule has 0 spiro atoms. The molecule has 88 valence electrons. The van der Waals surface area contributed by atoms with Gasteiger partial charge in [0.2, 0.25) is 5.91 Å². The van der Waals surface area contributed by atoms with Gasteiger partial charge in [-0.05, 0) is 26.7 Å². The first-order valence-corrected chi connectivity index (χ1v) is 5.81. The van der Waals surface area contributed by atoms with Crippen molar-refractivity contribution in [2.45, 2.75) is 51.2 Å². The molecule has 0 radical (unpaired) electrons. The largest absolute Gasteiger partial charge is 0.389 e. The second-order valence-electron chi connectivity index (χ2n) is 4.43. The zero-order valence-corrected chi connectivity index (χ0v) is 9.68. The normalized spacial score (nSPS) is 21.3. The highest BCUT2D eigenvalue weighted by atomic mass is 16.3. The van der Waals surface area contributed by atoms with Crippen molar-refractivity contribution in [3.8, 4) is 0 Å². The van der Waals surface area contributed by atoms with E-state index in [0.717, 1.165) is 25.7 Å². The number of amides is 1. The van der Waals surface area contributed by atoms with Gasteiger partial charge in [-0.2, -0.15) is 0 Å². The third-order valence-corrected chi connectivity index (χ3v) is 3.02. The van der Waals surface area contributed by atoms with Crippen LogP contribution >= 0.6 is 0 Å². The van der Waals surface area contributed by atoms with Crippen LogP contribution in [-0.2, 0) is 4.79 Å². The third kappa shape index (κ3) is 3.80. The predicted molar refractivity (Wildman–Crippen MR) is 59.6 cm³/mol. The van der Waals surface area contributed by atoms with Gasteiger partial charge in [0.25, 0.3) is 0 Å². The molecule has 0 aliphatic heterocycles. The summed E-state index contributed by atoms with van der Waals surface area (Å²) < 4.78 is 0. The molecule has 15 heavy (non-hydrogen) atoms. The molecule has 1 aliphatic rings. The fraction of sp³-hybridized carbons (Fsp3) is 0.909. The molecule has 0 aromatic rings. The molecular weight excluding hydrogens is 192 g/mol. The van der Waals surface area contributed by atoms with Gasteiger partial charge < -0.3 is 15.7 Å². The molecule has 0 bridgehead atoms. The van der Waals surface area contributed by atoms with Crippen LogP contribution in [0.2, 0.25) is 0 Å². The summed E-state index contributed by atoms with van der Waals surface area (Å²) in [5, 5.41) is 15.9. The first-order chi connectivity index (χ1) is 7.07. The Labute approximate surface area is 91.4 Å². The number of carbonyl (C=O) groups is 1. The van der Waals surface area contributed by atoms with Gasteiger partial charge in [0.15, 0.2) is 0 Å². The van der Waals surface area contributed by atoms with Crippen LogP contribution in [0.4, 0.5) is 0 Å². The predicted octanol–water partition coefficient (Wildman–Crippen LogP) is 0.406. The Balaban J connectivity index is 2.26. The van der Waals surface area contributed by atoms with Gasteiger partial charge in [-0.15, -0.1) is 0 Å². The van der Waals surface area contributed by atoms with E-state index in [9.17, 15) is 9.90 Å². The van der Waals surface area contributed by atoms with E-state index in [1.165, 1.54) is 0 Å². The standard InChI is InChI=1S/C11H22N2O2/c1-3-12-10(14)9(2)13-8-11(15)6-4-5-7-11/h9,13,15H,3-8H2,1-2H3,(H,12,14). The lowest BCUT2D eigenvalue weighted by atomic mass is 10.0. The van der Waals surface area contributed by atoms with Crippen LogP contribution in [-0.4, -0.2) is 35.7 Å². The fourth-order valence-electron chi connectivity index (χ4n) is 1.97. The van der Waals surface area contributed by atoms with Gasteiger partial charge in [0, 0.05) is 13.1 Å².